The van der Waals surface area contributed by atoms with Crippen molar-refractivity contribution in [1.82, 2.24) is 24.4 Å². The lowest BCUT2D eigenvalue weighted by Gasteiger charge is -2.32. The molecule has 4 aliphatic rings. The number of fused-ring (bicyclic) bond motifs is 3. The molecule has 3 aromatic rings. The molecule has 0 amide bonds. The highest BCUT2D eigenvalue weighted by atomic mass is 35.5. The molecule has 9 nitrogen and oxygen atoms in total. The number of carbonyl (C=O) groups is 1. The second-order valence-corrected chi connectivity index (χ2v) is 15.2. The van der Waals surface area contributed by atoms with E-state index in [4.69, 9.17) is 16.6 Å². The van der Waals surface area contributed by atoms with Crippen molar-refractivity contribution < 1.29 is 26.4 Å². The van der Waals surface area contributed by atoms with E-state index in [-0.39, 0.29) is 47.2 Å². The molecule has 3 fully saturated rings. The topological polar surface area (TPSA) is 110 Å². The molecule has 4 heterocycles. The summed E-state index contributed by atoms with van der Waals surface area (Å²) in [5, 5.41) is 5.91. The maximum absolute atomic E-state index is 14.1. The number of alkyl halides is 2. The largest absolute Gasteiger partial charge is 0.333 e. The predicted octanol–water partition coefficient (Wildman–Crippen LogP) is 5.44. The standard InChI is InChI=1S/C29H28ClF3N6O3S2/c1-14-8-15-9-18(12-20(14)26(15)40)44(41,42)37-17-11-23-24(22-4-6-39(36-22)29(32)33)25(19-3-2-16(31)10-21(19)30)35-27(38(23)13-17)28-34-5-7-43-28/h2-7,10,14-15,17-18,20,25,29,37H,8-9,11-13H2,1H3/t14-,15?,17-,18+,20+,25-/m0/s1. The van der Waals surface area contributed by atoms with E-state index in [2.05, 4.69) is 14.8 Å². The minimum Gasteiger partial charge on any atom is -0.326 e. The maximum atomic E-state index is 14.1. The Hall–Kier alpha value is -3.07. The van der Waals surface area contributed by atoms with Crippen LogP contribution in [0.4, 0.5) is 13.2 Å². The lowest BCUT2D eigenvalue weighted by atomic mass is 9.86. The van der Waals surface area contributed by atoms with Crippen LogP contribution in [-0.4, -0.2) is 57.5 Å². The molecule has 6 atom stereocenters. The summed E-state index contributed by atoms with van der Waals surface area (Å²) in [6, 6.07) is 3.93. The first-order valence-electron chi connectivity index (χ1n) is 14.3. The number of thiazole rings is 1. The van der Waals surface area contributed by atoms with E-state index in [0.717, 1.165) is 18.7 Å². The second kappa shape index (κ2) is 11.1. The average Bonchev–Trinajstić information content (AvgIpc) is 3.76. The van der Waals surface area contributed by atoms with Gasteiger partial charge in [0.2, 0.25) is 10.0 Å². The molecule has 0 spiro atoms. The number of nitrogens with zero attached hydrogens (tertiary/aromatic N) is 5. The molecule has 232 valence electrons. The number of sulfonamides is 1. The Kier molecular flexibility index (Phi) is 7.46. The zero-order chi connectivity index (χ0) is 30.9. The summed E-state index contributed by atoms with van der Waals surface area (Å²) in [4.78, 5) is 23.9. The number of aromatic nitrogens is 3. The fraction of sp³-hybridized carbons (Fsp3) is 0.448. The van der Waals surface area contributed by atoms with Crippen LogP contribution in [0.2, 0.25) is 5.02 Å². The monoisotopic (exact) mass is 664 g/mol. The highest BCUT2D eigenvalue weighted by molar-refractivity contribution is 7.90. The number of halogens is 4. The Morgan fingerprint density at radius 3 is 2.68 bits per heavy atom. The van der Waals surface area contributed by atoms with E-state index < -0.39 is 39.7 Å². The normalized spacial score (nSPS) is 28.6. The van der Waals surface area contributed by atoms with Gasteiger partial charge in [-0.1, -0.05) is 24.6 Å². The van der Waals surface area contributed by atoms with Crippen molar-refractivity contribution in [3.8, 4) is 0 Å². The molecule has 1 aromatic carbocycles. The van der Waals surface area contributed by atoms with E-state index in [9.17, 15) is 26.4 Å². The van der Waals surface area contributed by atoms with Gasteiger partial charge in [0.15, 0.2) is 10.8 Å². The van der Waals surface area contributed by atoms with Crippen LogP contribution in [0.1, 0.15) is 61.5 Å². The molecule has 2 saturated carbocycles. The van der Waals surface area contributed by atoms with E-state index in [1.807, 2.05) is 11.8 Å². The molecule has 2 bridgehead atoms. The van der Waals surface area contributed by atoms with Crippen molar-refractivity contribution in [1.29, 1.82) is 0 Å². The molecule has 1 saturated heterocycles. The molecule has 1 N–H and O–H groups in total. The SMILES string of the molecule is C[C@H]1CC2C[C@@H](S(=O)(=O)N[C@H]3CC4=C(c5ccn(C(F)F)n5)[C@H](c5ccc(F)cc5Cl)N=C(c5nccs5)N4C3)C[C@H]1C2=O. The maximum Gasteiger partial charge on any atom is 0.333 e. The Balaban J connectivity index is 1.29. The third-order valence-corrected chi connectivity index (χ3v) is 12.2. The number of carbonyl (C=O) groups excluding carboxylic acids is 1. The zero-order valence-corrected chi connectivity index (χ0v) is 25.8. The highest BCUT2D eigenvalue weighted by Crippen LogP contribution is 2.47. The summed E-state index contributed by atoms with van der Waals surface area (Å²) < 4.78 is 72.2. The number of hydrogen-bond donors (Lipinski definition) is 1. The van der Waals surface area contributed by atoms with Crippen LogP contribution in [0.5, 0.6) is 0 Å². The number of benzene rings is 1. The summed E-state index contributed by atoms with van der Waals surface area (Å²) in [6.07, 6.45) is 4.33. The molecule has 0 radical (unpaired) electrons. The lowest BCUT2D eigenvalue weighted by molar-refractivity contribution is -0.126. The molecule has 1 unspecified atom stereocenters. The minimum absolute atomic E-state index is 0.100. The third kappa shape index (κ3) is 5.09. The van der Waals surface area contributed by atoms with Crippen molar-refractivity contribution in [2.45, 2.75) is 56.5 Å². The number of rotatable bonds is 7. The summed E-state index contributed by atoms with van der Waals surface area (Å²) in [5.74, 6) is -0.206. The van der Waals surface area contributed by atoms with Crippen molar-refractivity contribution in [2.24, 2.45) is 22.7 Å². The Morgan fingerprint density at radius 1 is 1.18 bits per heavy atom. The van der Waals surface area contributed by atoms with Crippen molar-refractivity contribution in [3.05, 3.63) is 74.8 Å². The quantitative estimate of drug-likeness (QED) is 0.361. The minimum atomic E-state index is -3.81. The first-order chi connectivity index (χ1) is 21.0. The van der Waals surface area contributed by atoms with Gasteiger partial charge in [-0.05, 0) is 43.4 Å². The van der Waals surface area contributed by atoms with Crippen molar-refractivity contribution >= 4 is 50.2 Å². The summed E-state index contributed by atoms with van der Waals surface area (Å²) in [6.45, 7) is -0.656. The van der Waals surface area contributed by atoms with Gasteiger partial charge < -0.3 is 4.90 Å². The molecular formula is C29H28ClF3N6O3S2. The van der Waals surface area contributed by atoms with Gasteiger partial charge in [-0.2, -0.15) is 13.9 Å². The summed E-state index contributed by atoms with van der Waals surface area (Å²) in [7, 11) is -3.81. The van der Waals surface area contributed by atoms with Crippen molar-refractivity contribution in [2.75, 3.05) is 6.54 Å². The molecule has 15 heteroatoms. The second-order valence-electron chi connectivity index (χ2n) is 11.9. The molecule has 44 heavy (non-hydrogen) atoms. The van der Waals surface area contributed by atoms with Crippen LogP contribution < -0.4 is 4.72 Å². The predicted molar refractivity (Wildman–Crippen MR) is 159 cm³/mol. The van der Waals surface area contributed by atoms with Gasteiger partial charge in [-0.3, -0.25) is 9.79 Å². The number of ketones is 1. The fourth-order valence-corrected chi connectivity index (χ4v) is 9.86. The number of nitrogens with one attached hydrogen (secondary N) is 1. The first-order valence-corrected chi connectivity index (χ1v) is 17.1. The summed E-state index contributed by atoms with van der Waals surface area (Å²) in [5.41, 5.74) is 1.76. The van der Waals surface area contributed by atoms with Gasteiger partial charge in [0.05, 0.1) is 10.9 Å². The Bertz CT molecular complexity index is 1790. The van der Waals surface area contributed by atoms with Gasteiger partial charge >= 0.3 is 6.55 Å². The number of aliphatic imine (C=N–C) groups is 1. The van der Waals surface area contributed by atoms with E-state index in [0.29, 0.717) is 45.2 Å². The number of hydrogen-bond acceptors (Lipinski definition) is 8. The Labute approximate surface area is 260 Å². The van der Waals surface area contributed by atoms with Gasteiger partial charge in [-0.15, -0.1) is 11.3 Å². The highest BCUT2D eigenvalue weighted by Gasteiger charge is 2.50. The molecular weight excluding hydrogens is 637 g/mol. The summed E-state index contributed by atoms with van der Waals surface area (Å²) >= 11 is 7.86. The third-order valence-electron chi connectivity index (χ3n) is 9.17. The van der Waals surface area contributed by atoms with Gasteiger partial charge in [-0.25, -0.2) is 27.2 Å². The van der Waals surface area contributed by atoms with Crippen LogP contribution in [0, 0.1) is 23.6 Å². The van der Waals surface area contributed by atoms with Crippen LogP contribution in [-0.2, 0) is 14.8 Å². The molecule has 7 rings (SSSR count). The lowest BCUT2D eigenvalue weighted by Crippen LogP contribution is -2.46. The van der Waals surface area contributed by atoms with Crippen LogP contribution >= 0.6 is 22.9 Å². The van der Waals surface area contributed by atoms with Gasteiger partial charge in [0.25, 0.3) is 0 Å². The molecule has 2 aromatic heterocycles. The smallest absolute Gasteiger partial charge is 0.326 e. The first kappa shape index (κ1) is 29.6. The Morgan fingerprint density at radius 2 is 2.00 bits per heavy atom. The van der Waals surface area contributed by atoms with Gasteiger partial charge in [0.1, 0.15) is 17.6 Å². The van der Waals surface area contributed by atoms with E-state index in [1.54, 1.807) is 11.6 Å². The van der Waals surface area contributed by atoms with Crippen LogP contribution in [0.25, 0.3) is 5.57 Å². The average molecular weight is 665 g/mol. The molecule has 2 aliphatic carbocycles. The number of Topliss-reactive ketones (excluding diaryl/α,β-unsaturated/α-hetero) is 1. The molecule has 2 aliphatic heterocycles. The number of amidine groups is 1. The fourth-order valence-electron chi connectivity index (χ4n) is 7.18. The van der Waals surface area contributed by atoms with Crippen molar-refractivity contribution in [3.63, 3.8) is 0 Å². The van der Waals surface area contributed by atoms with E-state index in [1.165, 1.54) is 29.5 Å². The zero-order valence-electron chi connectivity index (χ0n) is 23.4. The van der Waals surface area contributed by atoms with Crippen LogP contribution in [0.15, 0.2) is 52.7 Å². The van der Waals surface area contributed by atoms with E-state index >= 15 is 0 Å². The van der Waals surface area contributed by atoms with Gasteiger partial charge in [0, 0.05) is 70.5 Å². The van der Waals surface area contributed by atoms with Crippen LogP contribution in [0.3, 0.4) is 0 Å².